The molecule has 0 aromatic carbocycles. The van der Waals surface area contributed by atoms with Crippen molar-refractivity contribution in [2.75, 3.05) is 0 Å². The van der Waals surface area contributed by atoms with Gasteiger partial charge in [-0.25, -0.2) is 4.79 Å². The van der Waals surface area contributed by atoms with Crippen LogP contribution in [0.2, 0.25) is 0 Å². The van der Waals surface area contributed by atoms with Gasteiger partial charge < -0.3 is 16.3 Å². The summed E-state index contributed by atoms with van der Waals surface area (Å²) >= 11 is 0. The Hall–Kier alpha value is -0.0817. The van der Waals surface area contributed by atoms with Crippen molar-refractivity contribution in [1.82, 2.24) is 0 Å². The molecule has 0 aliphatic carbocycles. The van der Waals surface area contributed by atoms with E-state index in [0.717, 1.165) is 0 Å². The fourth-order valence-electron chi connectivity index (χ4n) is 0. The zero-order valence-electron chi connectivity index (χ0n) is 2.84. The van der Waals surface area contributed by atoms with Crippen LogP contribution in [0.5, 0.6) is 0 Å². The van der Waals surface area contributed by atoms with Crippen molar-refractivity contribution in [3.63, 3.8) is 0 Å². The molecule has 38 valence electrons. The van der Waals surface area contributed by atoms with Crippen LogP contribution in [0, 0.1) is 0 Å². The van der Waals surface area contributed by atoms with Crippen LogP contribution in [0.4, 0.5) is 4.79 Å². The maximum absolute atomic E-state index is 8.78. The standard InChI is InChI=1S/CH3NO2.Mo.H2O/c2-1(3)4;;/h2H2,(H,3,4);;1H2. The number of nitrogens with two attached hydrogens (primary N) is 1. The van der Waals surface area contributed by atoms with Crippen molar-refractivity contribution in [3.05, 3.63) is 0 Å². The monoisotopic (exact) mass is 177 g/mol. The average molecular weight is 175 g/mol. The van der Waals surface area contributed by atoms with E-state index in [2.05, 4.69) is 5.73 Å². The van der Waals surface area contributed by atoms with Crippen molar-refractivity contribution in [2.24, 2.45) is 5.73 Å². The third kappa shape index (κ3) is 5000. The van der Waals surface area contributed by atoms with Crippen LogP contribution in [0.1, 0.15) is 0 Å². The van der Waals surface area contributed by atoms with Crippen LogP contribution in [-0.4, -0.2) is 16.7 Å². The van der Waals surface area contributed by atoms with E-state index in [1.165, 1.54) is 0 Å². The van der Waals surface area contributed by atoms with E-state index in [1.54, 1.807) is 0 Å². The first-order valence-electron chi connectivity index (χ1n) is 0.716. The first kappa shape index (κ1) is 16.8. The molecule has 0 fully saturated rings. The summed E-state index contributed by atoms with van der Waals surface area (Å²) in [4.78, 5) is 8.78. The van der Waals surface area contributed by atoms with Crippen molar-refractivity contribution < 1.29 is 36.4 Å². The van der Waals surface area contributed by atoms with Crippen LogP contribution >= 0.6 is 0 Å². The van der Waals surface area contributed by atoms with Gasteiger partial charge in [-0.15, -0.1) is 0 Å². The molecule has 5 heteroatoms. The number of carboxylic acid groups (broad SMARTS) is 1. The Labute approximate surface area is 48.9 Å². The van der Waals surface area contributed by atoms with Gasteiger partial charge in [-0.1, -0.05) is 0 Å². The van der Waals surface area contributed by atoms with Crippen LogP contribution in [-0.2, 0) is 21.1 Å². The van der Waals surface area contributed by atoms with Gasteiger partial charge in [0, 0.05) is 21.1 Å². The number of amides is 1. The molecule has 0 rings (SSSR count). The van der Waals surface area contributed by atoms with Gasteiger partial charge in [0.2, 0.25) is 0 Å². The number of carbonyl (C=O) groups is 1. The first-order chi connectivity index (χ1) is 1.73. The zero-order chi connectivity index (χ0) is 3.58. The molecule has 0 aromatic rings. The van der Waals surface area contributed by atoms with Gasteiger partial charge in [0.05, 0.1) is 0 Å². The number of primary amides is 1. The summed E-state index contributed by atoms with van der Waals surface area (Å²) in [6.07, 6.45) is -1.33. The molecule has 0 unspecified atom stereocenters. The largest absolute Gasteiger partial charge is 0.465 e. The van der Waals surface area contributed by atoms with Gasteiger partial charge in [0.25, 0.3) is 0 Å². The van der Waals surface area contributed by atoms with Gasteiger partial charge in [-0.05, 0) is 0 Å². The maximum Gasteiger partial charge on any atom is 0.402 e. The van der Waals surface area contributed by atoms with Gasteiger partial charge in [-0.2, -0.15) is 0 Å². The van der Waals surface area contributed by atoms with E-state index >= 15 is 0 Å². The summed E-state index contributed by atoms with van der Waals surface area (Å²) < 4.78 is 0. The normalized spacial score (nSPS) is 4.00. The van der Waals surface area contributed by atoms with E-state index < -0.39 is 6.09 Å². The second-order valence-corrected chi connectivity index (χ2v) is 0.338. The molecule has 0 atom stereocenters. The third-order valence-electron chi connectivity index (χ3n) is 0. The molecule has 0 saturated heterocycles. The second kappa shape index (κ2) is 8.87. The smallest absolute Gasteiger partial charge is 0.402 e. The molecular formula is CH5MoNO3. The molecular weight excluding hydrogens is 170 g/mol. The molecule has 0 aliphatic heterocycles. The molecule has 0 aromatic heterocycles. The predicted octanol–water partition coefficient (Wildman–Crippen LogP) is -1.20. The SMILES string of the molecule is NC(=O)O.O.[Mo]. The quantitative estimate of drug-likeness (QED) is 0.452. The van der Waals surface area contributed by atoms with E-state index in [-0.39, 0.29) is 26.5 Å². The van der Waals surface area contributed by atoms with Crippen LogP contribution < -0.4 is 5.73 Å². The summed E-state index contributed by atoms with van der Waals surface area (Å²) in [6.45, 7) is 0. The van der Waals surface area contributed by atoms with Gasteiger partial charge >= 0.3 is 6.09 Å². The van der Waals surface area contributed by atoms with Crippen LogP contribution in [0.3, 0.4) is 0 Å². The van der Waals surface area contributed by atoms with E-state index in [0.29, 0.717) is 0 Å². The molecule has 0 heterocycles. The number of hydrogen-bond acceptors (Lipinski definition) is 1. The zero-order valence-corrected chi connectivity index (χ0v) is 4.85. The van der Waals surface area contributed by atoms with E-state index in [4.69, 9.17) is 9.90 Å². The number of rotatable bonds is 0. The second-order valence-electron chi connectivity index (χ2n) is 0.338. The molecule has 0 radical (unpaired) electrons. The van der Waals surface area contributed by atoms with Crippen LogP contribution in [0.15, 0.2) is 0 Å². The minimum absolute atomic E-state index is 0. The Balaban J connectivity index is -0.0000000450. The molecule has 0 bridgehead atoms. The molecule has 4 nitrogen and oxygen atoms in total. The minimum Gasteiger partial charge on any atom is -0.465 e. The Bertz CT molecular complexity index is 33.8. The van der Waals surface area contributed by atoms with Gasteiger partial charge in [0.1, 0.15) is 0 Å². The Morgan fingerprint density at radius 2 is 1.67 bits per heavy atom. The Morgan fingerprint density at radius 1 is 1.67 bits per heavy atom. The minimum atomic E-state index is -1.33. The fraction of sp³-hybridized carbons (Fsp3) is 0. The van der Waals surface area contributed by atoms with Gasteiger partial charge in [-0.3, -0.25) is 0 Å². The number of hydrogen-bond donors (Lipinski definition) is 2. The third-order valence-corrected chi connectivity index (χ3v) is 0. The molecule has 0 aliphatic rings. The van der Waals surface area contributed by atoms with Crippen molar-refractivity contribution >= 4 is 6.09 Å². The molecule has 0 spiro atoms. The molecule has 6 heavy (non-hydrogen) atoms. The van der Waals surface area contributed by atoms with E-state index in [9.17, 15) is 0 Å². The van der Waals surface area contributed by atoms with Gasteiger partial charge in [0.15, 0.2) is 0 Å². The Kier molecular flexibility index (Phi) is 24.8. The topological polar surface area (TPSA) is 94.8 Å². The first-order valence-corrected chi connectivity index (χ1v) is 0.716. The van der Waals surface area contributed by atoms with Crippen molar-refractivity contribution in [2.45, 2.75) is 0 Å². The summed E-state index contributed by atoms with van der Waals surface area (Å²) in [5.41, 5.74) is 4.03. The summed E-state index contributed by atoms with van der Waals surface area (Å²) in [6, 6.07) is 0. The van der Waals surface area contributed by atoms with E-state index in [1.807, 2.05) is 0 Å². The van der Waals surface area contributed by atoms with Crippen LogP contribution in [0.25, 0.3) is 0 Å². The predicted molar refractivity (Wildman–Crippen MR) is 15.8 cm³/mol. The average Bonchev–Trinajstić information content (AvgIpc) is 0.811. The maximum atomic E-state index is 8.78. The molecule has 1 amide bonds. The fourth-order valence-corrected chi connectivity index (χ4v) is 0. The molecule has 0 saturated carbocycles. The molecule has 5 N–H and O–H groups in total. The summed E-state index contributed by atoms with van der Waals surface area (Å²) in [5, 5.41) is 7.19. The summed E-state index contributed by atoms with van der Waals surface area (Å²) in [5.74, 6) is 0. The summed E-state index contributed by atoms with van der Waals surface area (Å²) in [7, 11) is 0. The van der Waals surface area contributed by atoms with Crippen molar-refractivity contribution in [1.29, 1.82) is 0 Å². The van der Waals surface area contributed by atoms with Crippen molar-refractivity contribution in [3.8, 4) is 0 Å². The Morgan fingerprint density at radius 3 is 1.67 bits per heavy atom.